The lowest BCUT2D eigenvalue weighted by atomic mass is 10.0. The van der Waals surface area contributed by atoms with Gasteiger partial charge in [0.15, 0.2) is 0 Å². The van der Waals surface area contributed by atoms with Gasteiger partial charge in [0.05, 0.1) is 10.6 Å². The fourth-order valence-electron chi connectivity index (χ4n) is 2.76. The molecule has 3 amide bonds. The molecule has 1 aliphatic carbocycles. The van der Waals surface area contributed by atoms with Crippen molar-refractivity contribution in [3.63, 3.8) is 0 Å². The average Bonchev–Trinajstić information content (AvgIpc) is 2.95. The quantitative estimate of drug-likeness (QED) is 0.841. The molecule has 1 heterocycles. The molecule has 1 aliphatic heterocycles. The van der Waals surface area contributed by atoms with E-state index in [2.05, 4.69) is 22.8 Å². The Morgan fingerprint density at radius 1 is 1.36 bits per heavy atom. The molecule has 0 bridgehead atoms. The van der Waals surface area contributed by atoms with Crippen molar-refractivity contribution in [3.05, 3.63) is 40.9 Å². The number of nitrogens with one attached hydrogen (secondary N) is 2. The number of halogens is 1. The van der Waals surface area contributed by atoms with Gasteiger partial charge < -0.3 is 10.6 Å². The summed E-state index contributed by atoms with van der Waals surface area (Å²) in [6.07, 6.45) is 6.97. The summed E-state index contributed by atoms with van der Waals surface area (Å²) in [4.78, 5) is 25.8. The number of amides is 3. The molecular weight excluding hydrogens is 302 g/mol. The standard InChI is InChI=1S/C16H18ClN3O2/c17-14-7-6-12(20-9-8-18-16(20)22)10-13(14)15(21)19-11-4-2-1-3-5-11/h1-2,6-7,10-11H,3-5,8-9H2,(H,18,22)(H,19,21)/t11-/m1/s1. The SMILES string of the molecule is O=C(N[C@@H]1CC=CCC1)c1cc(N2CCNC2=O)ccc1Cl. The number of benzene rings is 1. The van der Waals surface area contributed by atoms with Gasteiger partial charge >= 0.3 is 6.03 Å². The average molecular weight is 320 g/mol. The lowest BCUT2D eigenvalue weighted by Gasteiger charge is -2.20. The molecule has 2 aliphatic rings. The number of rotatable bonds is 3. The number of allylic oxidation sites excluding steroid dienone is 1. The van der Waals surface area contributed by atoms with Crippen molar-refractivity contribution in [1.82, 2.24) is 10.6 Å². The Morgan fingerprint density at radius 3 is 2.91 bits per heavy atom. The van der Waals surface area contributed by atoms with E-state index in [9.17, 15) is 9.59 Å². The molecule has 1 aromatic carbocycles. The van der Waals surface area contributed by atoms with Crippen LogP contribution in [0.2, 0.25) is 5.02 Å². The third-order valence-corrected chi connectivity index (χ3v) is 4.30. The zero-order valence-electron chi connectivity index (χ0n) is 12.1. The first-order valence-corrected chi connectivity index (χ1v) is 7.84. The van der Waals surface area contributed by atoms with E-state index < -0.39 is 0 Å². The Bertz CT molecular complexity index is 630. The molecule has 0 unspecified atom stereocenters. The van der Waals surface area contributed by atoms with E-state index in [1.165, 1.54) is 0 Å². The Morgan fingerprint density at radius 2 is 2.23 bits per heavy atom. The van der Waals surface area contributed by atoms with E-state index in [1.54, 1.807) is 23.1 Å². The molecule has 1 aromatic rings. The van der Waals surface area contributed by atoms with Crippen molar-refractivity contribution < 1.29 is 9.59 Å². The van der Waals surface area contributed by atoms with Crippen LogP contribution in [0.3, 0.4) is 0 Å². The summed E-state index contributed by atoms with van der Waals surface area (Å²) in [5.74, 6) is -0.188. The number of nitrogens with zero attached hydrogens (tertiary/aromatic N) is 1. The van der Waals surface area contributed by atoms with Gasteiger partial charge in [0.1, 0.15) is 0 Å². The Kier molecular flexibility index (Phi) is 4.34. The summed E-state index contributed by atoms with van der Waals surface area (Å²) in [6, 6.07) is 5.10. The smallest absolute Gasteiger partial charge is 0.321 e. The first kappa shape index (κ1) is 14.9. The van der Waals surface area contributed by atoms with Crippen LogP contribution in [0.15, 0.2) is 30.4 Å². The summed E-state index contributed by atoms with van der Waals surface area (Å²) in [7, 11) is 0. The van der Waals surface area contributed by atoms with E-state index >= 15 is 0 Å². The fraction of sp³-hybridized carbons (Fsp3) is 0.375. The zero-order valence-corrected chi connectivity index (χ0v) is 12.9. The first-order valence-electron chi connectivity index (χ1n) is 7.46. The number of urea groups is 1. The molecule has 5 nitrogen and oxygen atoms in total. The lowest BCUT2D eigenvalue weighted by Crippen LogP contribution is -2.35. The molecule has 1 atom stereocenters. The number of hydrogen-bond donors (Lipinski definition) is 2. The van der Waals surface area contributed by atoms with E-state index in [1.807, 2.05) is 0 Å². The lowest BCUT2D eigenvalue weighted by molar-refractivity contribution is 0.0935. The number of carbonyl (C=O) groups is 2. The Labute approximate surface area is 134 Å². The van der Waals surface area contributed by atoms with Crippen molar-refractivity contribution in [3.8, 4) is 0 Å². The number of hydrogen-bond acceptors (Lipinski definition) is 2. The van der Waals surface area contributed by atoms with Gasteiger partial charge in [0.2, 0.25) is 0 Å². The van der Waals surface area contributed by atoms with E-state index in [0.717, 1.165) is 19.3 Å². The van der Waals surface area contributed by atoms with Gasteiger partial charge in [-0.25, -0.2) is 4.79 Å². The molecule has 0 radical (unpaired) electrons. The summed E-state index contributed by atoms with van der Waals surface area (Å²) >= 11 is 6.16. The maximum atomic E-state index is 12.4. The second-order valence-corrected chi connectivity index (χ2v) is 5.91. The van der Waals surface area contributed by atoms with E-state index in [-0.39, 0.29) is 18.0 Å². The van der Waals surface area contributed by atoms with E-state index in [4.69, 9.17) is 11.6 Å². The van der Waals surface area contributed by atoms with Gasteiger partial charge in [0, 0.05) is 24.8 Å². The topological polar surface area (TPSA) is 61.4 Å². The second kappa shape index (κ2) is 6.40. The molecule has 22 heavy (non-hydrogen) atoms. The highest BCUT2D eigenvalue weighted by Crippen LogP contribution is 2.25. The van der Waals surface area contributed by atoms with Crippen LogP contribution in [0.4, 0.5) is 10.5 Å². The maximum Gasteiger partial charge on any atom is 0.321 e. The molecule has 3 rings (SSSR count). The third-order valence-electron chi connectivity index (χ3n) is 3.97. The van der Waals surface area contributed by atoms with Gasteiger partial charge in [-0.15, -0.1) is 0 Å². The summed E-state index contributed by atoms with van der Waals surface area (Å²) in [6.45, 7) is 1.20. The number of carbonyl (C=O) groups excluding carboxylic acids is 2. The van der Waals surface area contributed by atoms with E-state index in [0.29, 0.717) is 29.4 Å². The predicted octanol–water partition coefficient (Wildman–Crippen LogP) is 2.71. The highest BCUT2D eigenvalue weighted by Gasteiger charge is 2.23. The van der Waals surface area contributed by atoms with Crippen LogP contribution in [-0.2, 0) is 0 Å². The van der Waals surface area contributed by atoms with Crippen LogP contribution in [0.5, 0.6) is 0 Å². The van der Waals surface area contributed by atoms with Crippen LogP contribution < -0.4 is 15.5 Å². The molecule has 0 saturated carbocycles. The molecule has 6 heteroatoms. The van der Waals surface area contributed by atoms with Gasteiger partial charge in [0.25, 0.3) is 5.91 Å². The van der Waals surface area contributed by atoms with Gasteiger partial charge in [-0.3, -0.25) is 9.69 Å². The predicted molar refractivity (Wildman–Crippen MR) is 86.4 cm³/mol. The molecule has 0 aromatic heterocycles. The molecule has 0 spiro atoms. The van der Waals surface area contributed by atoms with Gasteiger partial charge in [-0.05, 0) is 37.5 Å². The minimum absolute atomic E-state index is 0.146. The molecular formula is C16H18ClN3O2. The maximum absolute atomic E-state index is 12.4. The van der Waals surface area contributed by atoms with Crippen molar-refractivity contribution in [1.29, 1.82) is 0 Å². The molecule has 1 saturated heterocycles. The van der Waals surface area contributed by atoms with Crippen LogP contribution >= 0.6 is 11.6 Å². The fourth-order valence-corrected chi connectivity index (χ4v) is 2.96. The van der Waals surface area contributed by atoms with Crippen LogP contribution in [0.25, 0.3) is 0 Å². The van der Waals surface area contributed by atoms with Crippen molar-refractivity contribution in [2.45, 2.75) is 25.3 Å². The van der Waals surface area contributed by atoms with Gasteiger partial charge in [-0.2, -0.15) is 0 Å². The van der Waals surface area contributed by atoms with Gasteiger partial charge in [-0.1, -0.05) is 23.8 Å². The van der Waals surface area contributed by atoms with Crippen LogP contribution in [0, 0.1) is 0 Å². The zero-order chi connectivity index (χ0) is 15.5. The Hall–Kier alpha value is -2.01. The van der Waals surface area contributed by atoms with Crippen molar-refractivity contribution >= 4 is 29.2 Å². The third kappa shape index (κ3) is 3.09. The monoisotopic (exact) mass is 319 g/mol. The summed E-state index contributed by atoms with van der Waals surface area (Å²) in [5, 5.41) is 6.15. The summed E-state index contributed by atoms with van der Waals surface area (Å²) < 4.78 is 0. The summed E-state index contributed by atoms with van der Waals surface area (Å²) in [5.41, 5.74) is 1.10. The van der Waals surface area contributed by atoms with Crippen molar-refractivity contribution in [2.24, 2.45) is 0 Å². The number of anilines is 1. The molecule has 116 valence electrons. The highest BCUT2D eigenvalue weighted by atomic mass is 35.5. The molecule has 1 fully saturated rings. The Balaban J connectivity index is 1.78. The molecule has 2 N–H and O–H groups in total. The van der Waals surface area contributed by atoms with Crippen LogP contribution in [0.1, 0.15) is 29.6 Å². The highest BCUT2D eigenvalue weighted by molar-refractivity contribution is 6.34. The normalized spacial score (nSPS) is 20.9. The minimum Gasteiger partial charge on any atom is -0.349 e. The first-order chi connectivity index (χ1) is 10.6. The van der Waals surface area contributed by atoms with Crippen molar-refractivity contribution in [2.75, 3.05) is 18.0 Å². The second-order valence-electron chi connectivity index (χ2n) is 5.50. The minimum atomic E-state index is -0.188. The largest absolute Gasteiger partial charge is 0.349 e. The van der Waals surface area contributed by atoms with Crippen LogP contribution in [-0.4, -0.2) is 31.1 Å².